The summed E-state index contributed by atoms with van der Waals surface area (Å²) in [5.74, 6) is -0.323. The van der Waals surface area contributed by atoms with Crippen LogP contribution in [-0.2, 0) is 20.7 Å². The van der Waals surface area contributed by atoms with Crippen molar-refractivity contribution in [2.45, 2.75) is 25.5 Å². The molecule has 0 heterocycles. The van der Waals surface area contributed by atoms with Crippen LogP contribution in [-0.4, -0.2) is 22.9 Å². The van der Waals surface area contributed by atoms with Gasteiger partial charge in [0, 0.05) is 6.92 Å². The predicted octanol–water partition coefficient (Wildman–Crippen LogP) is 2.44. The van der Waals surface area contributed by atoms with E-state index in [1.165, 1.54) is 6.92 Å². The van der Waals surface area contributed by atoms with Crippen LogP contribution in [0.2, 0.25) is 0 Å². The Kier molecular flexibility index (Phi) is 5.77. The molecule has 0 aliphatic carbocycles. The quantitative estimate of drug-likeness (QED) is 0.755. The highest BCUT2D eigenvalue weighted by atomic mass is 32.2. The highest BCUT2D eigenvalue weighted by molar-refractivity contribution is 8.14. The lowest BCUT2D eigenvalue weighted by Crippen LogP contribution is -2.23. The molecule has 4 heteroatoms. The molecule has 17 heavy (non-hydrogen) atoms. The number of benzene rings is 1. The average Bonchev–Trinajstić information content (AvgIpc) is 2.29. The molecular weight excluding hydrogens is 236 g/mol. The van der Waals surface area contributed by atoms with E-state index in [4.69, 9.17) is 4.74 Å². The minimum Gasteiger partial charge on any atom is -0.465 e. The van der Waals surface area contributed by atoms with Gasteiger partial charge in [0.05, 0.1) is 6.61 Å². The second-order valence-corrected chi connectivity index (χ2v) is 4.92. The van der Waals surface area contributed by atoms with Crippen molar-refractivity contribution < 1.29 is 14.3 Å². The first-order chi connectivity index (χ1) is 8.13. The lowest BCUT2D eigenvalue weighted by molar-refractivity contribution is -0.142. The summed E-state index contributed by atoms with van der Waals surface area (Å²) in [5.41, 5.74) is 1.03. The Morgan fingerprint density at radius 2 is 1.94 bits per heavy atom. The van der Waals surface area contributed by atoms with Gasteiger partial charge in [0.2, 0.25) is 0 Å². The third-order valence-corrected chi connectivity index (χ3v) is 3.10. The minimum atomic E-state index is -0.449. The van der Waals surface area contributed by atoms with Crippen molar-refractivity contribution in [3.63, 3.8) is 0 Å². The Balaban J connectivity index is 2.70. The first kappa shape index (κ1) is 13.8. The molecule has 0 radical (unpaired) electrons. The zero-order chi connectivity index (χ0) is 12.7. The number of carbonyl (C=O) groups excluding carboxylic acids is 2. The lowest BCUT2D eigenvalue weighted by Gasteiger charge is -2.13. The van der Waals surface area contributed by atoms with Gasteiger partial charge in [-0.05, 0) is 18.9 Å². The van der Waals surface area contributed by atoms with Crippen LogP contribution in [0.15, 0.2) is 30.3 Å². The molecule has 0 saturated heterocycles. The Labute approximate surface area is 106 Å². The molecule has 0 fully saturated rings. The average molecular weight is 252 g/mol. The molecular formula is C13H16O3S. The molecule has 1 atom stereocenters. The van der Waals surface area contributed by atoms with Crippen LogP contribution in [0.4, 0.5) is 0 Å². The van der Waals surface area contributed by atoms with E-state index < -0.39 is 5.25 Å². The summed E-state index contributed by atoms with van der Waals surface area (Å²) in [5, 5.41) is -0.520. The first-order valence-electron chi connectivity index (χ1n) is 5.51. The predicted molar refractivity (Wildman–Crippen MR) is 68.8 cm³/mol. The fourth-order valence-electron chi connectivity index (χ4n) is 1.44. The monoisotopic (exact) mass is 252 g/mol. The van der Waals surface area contributed by atoms with E-state index in [2.05, 4.69) is 0 Å². The van der Waals surface area contributed by atoms with Gasteiger partial charge in [-0.15, -0.1) is 0 Å². The van der Waals surface area contributed by atoms with Gasteiger partial charge in [0.25, 0.3) is 0 Å². The first-order valence-corrected chi connectivity index (χ1v) is 6.39. The summed E-state index contributed by atoms with van der Waals surface area (Å²) in [6.45, 7) is 3.56. The van der Waals surface area contributed by atoms with Gasteiger partial charge in [-0.2, -0.15) is 0 Å². The van der Waals surface area contributed by atoms with Crippen LogP contribution >= 0.6 is 11.8 Å². The summed E-state index contributed by atoms with van der Waals surface area (Å²) >= 11 is 1.03. The zero-order valence-corrected chi connectivity index (χ0v) is 10.8. The van der Waals surface area contributed by atoms with Crippen molar-refractivity contribution in [3.05, 3.63) is 35.9 Å². The maximum Gasteiger partial charge on any atom is 0.319 e. The second kappa shape index (κ2) is 7.12. The van der Waals surface area contributed by atoms with Gasteiger partial charge in [0.15, 0.2) is 5.12 Å². The standard InChI is InChI=1S/C13H16O3S/c1-3-16-13(15)12(17-10(2)14)9-11-7-5-4-6-8-11/h4-8,12H,3,9H2,1-2H3/t12-/m1/s1. The molecule has 3 nitrogen and oxygen atoms in total. The molecule has 1 aromatic rings. The topological polar surface area (TPSA) is 43.4 Å². The number of esters is 1. The number of ether oxygens (including phenoxy) is 1. The molecule has 0 bridgehead atoms. The van der Waals surface area contributed by atoms with E-state index in [0.29, 0.717) is 13.0 Å². The van der Waals surface area contributed by atoms with Crippen molar-refractivity contribution in [2.24, 2.45) is 0 Å². The van der Waals surface area contributed by atoms with Crippen LogP contribution in [0, 0.1) is 0 Å². The number of thioether (sulfide) groups is 1. The van der Waals surface area contributed by atoms with Gasteiger partial charge < -0.3 is 4.74 Å². The molecule has 0 spiro atoms. The third kappa shape index (κ3) is 5.04. The highest BCUT2D eigenvalue weighted by Crippen LogP contribution is 2.18. The maximum absolute atomic E-state index is 11.7. The molecule has 92 valence electrons. The van der Waals surface area contributed by atoms with Gasteiger partial charge >= 0.3 is 5.97 Å². The van der Waals surface area contributed by atoms with Crippen LogP contribution in [0.3, 0.4) is 0 Å². The number of rotatable bonds is 5. The number of hydrogen-bond acceptors (Lipinski definition) is 4. The smallest absolute Gasteiger partial charge is 0.319 e. The van der Waals surface area contributed by atoms with E-state index in [0.717, 1.165) is 17.3 Å². The zero-order valence-electron chi connectivity index (χ0n) is 10.0. The van der Waals surface area contributed by atoms with E-state index in [1.807, 2.05) is 30.3 Å². The summed E-state index contributed by atoms with van der Waals surface area (Å²) in [6.07, 6.45) is 0.518. The van der Waals surface area contributed by atoms with E-state index >= 15 is 0 Å². The molecule has 0 aromatic heterocycles. The molecule has 1 rings (SSSR count). The summed E-state index contributed by atoms with van der Waals surface area (Å²) in [7, 11) is 0. The van der Waals surface area contributed by atoms with Crippen molar-refractivity contribution in [1.29, 1.82) is 0 Å². The van der Waals surface area contributed by atoms with Gasteiger partial charge in [-0.1, -0.05) is 42.1 Å². The Hall–Kier alpha value is -1.29. The summed E-state index contributed by atoms with van der Waals surface area (Å²) in [6, 6.07) is 9.62. The number of hydrogen-bond donors (Lipinski definition) is 0. The maximum atomic E-state index is 11.7. The normalized spacial score (nSPS) is 11.9. The lowest BCUT2D eigenvalue weighted by atomic mass is 10.1. The number of carbonyl (C=O) groups is 2. The summed E-state index contributed by atoms with van der Waals surface area (Å²) < 4.78 is 4.97. The molecule has 0 N–H and O–H groups in total. The third-order valence-electron chi connectivity index (χ3n) is 2.12. The highest BCUT2D eigenvalue weighted by Gasteiger charge is 2.22. The molecule has 0 unspecified atom stereocenters. The van der Waals surface area contributed by atoms with Crippen LogP contribution in [0.5, 0.6) is 0 Å². The minimum absolute atomic E-state index is 0.0704. The Morgan fingerprint density at radius 1 is 1.29 bits per heavy atom. The fourth-order valence-corrected chi connectivity index (χ4v) is 2.28. The van der Waals surface area contributed by atoms with Crippen molar-refractivity contribution in [3.8, 4) is 0 Å². The van der Waals surface area contributed by atoms with Crippen LogP contribution < -0.4 is 0 Å². The molecule has 0 amide bonds. The fraction of sp³-hybridized carbons (Fsp3) is 0.385. The Bertz CT molecular complexity index is 376. The van der Waals surface area contributed by atoms with Crippen LogP contribution in [0.1, 0.15) is 19.4 Å². The molecule has 1 aromatic carbocycles. The van der Waals surface area contributed by atoms with E-state index in [-0.39, 0.29) is 11.1 Å². The molecule has 0 aliphatic heterocycles. The van der Waals surface area contributed by atoms with Crippen LogP contribution in [0.25, 0.3) is 0 Å². The largest absolute Gasteiger partial charge is 0.465 e. The van der Waals surface area contributed by atoms with Gasteiger partial charge in [0.1, 0.15) is 5.25 Å². The SMILES string of the molecule is CCOC(=O)[C@@H](Cc1ccccc1)SC(C)=O. The molecule has 0 saturated carbocycles. The second-order valence-electron chi connectivity index (χ2n) is 3.54. The Morgan fingerprint density at radius 3 is 2.47 bits per heavy atom. The van der Waals surface area contributed by atoms with E-state index in [1.54, 1.807) is 6.92 Å². The molecule has 0 aliphatic rings. The van der Waals surface area contributed by atoms with Gasteiger partial charge in [-0.3, -0.25) is 9.59 Å². The van der Waals surface area contributed by atoms with Gasteiger partial charge in [-0.25, -0.2) is 0 Å². The van der Waals surface area contributed by atoms with E-state index in [9.17, 15) is 9.59 Å². The van der Waals surface area contributed by atoms with Crippen molar-refractivity contribution >= 4 is 22.8 Å². The van der Waals surface area contributed by atoms with Crippen molar-refractivity contribution in [2.75, 3.05) is 6.61 Å². The summed E-state index contributed by atoms with van der Waals surface area (Å²) in [4.78, 5) is 22.8. The van der Waals surface area contributed by atoms with Crippen molar-refractivity contribution in [1.82, 2.24) is 0 Å².